The second kappa shape index (κ2) is 4.94. The van der Waals surface area contributed by atoms with Gasteiger partial charge >= 0.3 is 0 Å². The maximum atomic E-state index is 8.74. The van der Waals surface area contributed by atoms with Crippen LogP contribution < -0.4 is 4.90 Å². The van der Waals surface area contributed by atoms with Gasteiger partial charge in [0.15, 0.2) is 0 Å². The van der Waals surface area contributed by atoms with Crippen molar-refractivity contribution in [3.8, 4) is 0 Å². The Labute approximate surface area is 94.1 Å². The Morgan fingerprint density at radius 2 is 2.25 bits per heavy atom. The maximum absolute atomic E-state index is 8.74. The number of fused-ring (bicyclic) bond motifs is 1. The Morgan fingerprint density at radius 3 is 3.06 bits per heavy atom. The van der Waals surface area contributed by atoms with Crippen molar-refractivity contribution in [3.05, 3.63) is 18.6 Å². The highest BCUT2D eigenvalue weighted by Crippen LogP contribution is 2.20. The highest BCUT2D eigenvalue weighted by Gasteiger charge is 2.08. The van der Waals surface area contributed by atoms with Crippen LogP contribution in [0.25, 0.3) is 11.0 Å². The number of hydrogen-bond acceptors (Lipinski definition) is 4. The van der Waals surface area contributed by atoms with Gasteiger partial charge in [0, 0.05) is 26.4 Å². The third kappa shape index (κ3) is 2.14. The van der Waals surface area contributed by atoms with Gasteiger partial charge in [0.25, 0.3) is 0 Å². The molecular formula is C11H16N4O. The first-order chi connectivity index (χ1) is 7.83. The summed E-state index contributed by atoms with van der Waals surface area (Å²) in [6.45, 7) is 1.13. The zero-order valence-corrected chi connectivity index (χ0v) is 9.35. The molecule has 0 saturated heterocycles. The molecule has 0 amide bonds. The number of aromatic amines is 1. The summed E-state index contributed by atoms with van der Waals surface area (Å²) in [5.41, 5.74) is 0.860. The van der Waals surface area contributed by atoms with Crippen molar-refractivity contribution < 1.29 is 5.11 Å². The van der Waals surface area contributed by atoms with E-state index < -0.39 is 0 Å². The first kappa shape index (κ1) is 10.9. The molecule has 16 heavy (non-hydrogen) atoms. The Balaban J connectivity index is 2.15. The topological polar surface area (TPSA) is 65.0 Å². The zero-order valence-electron chi connectivity index (χ0n) is 9.35. The summed E-state index contributed by atoms with van der Waals surface area (Å²) in [6.07, 6.45) is 5.22. The number of nitrogens with one attached hydrogen (secondary N) is 1. The van der Waals surface area contributed by atoms with E-state index in [0.717, 1.165) is 36.2 Å². The van der Waals surface area contributed by atoms with E-state index in [1.807, 2.05) is 19.3 Å². The number of H-pyrrole nitrogens is 1. The van der Waals surface area contributed by atoms with Crippen LogP contribution in [0.2, 0.25) is 0 Å². The van der Waals surface area contributed by atoms with Crippen LogP contribution in [-0.2, 0) is 0 Å². The Hall–Kier alpha value is -1.62. The van der Waals surface area contributed by atoms with E-state index in [9.17, 15) is 0 Å². The molecule has 0 aliphatic heterocycles. The Kier molecular flexibility index (Phi) is 3.36. The van der Waals surface area contributed by atoms with E-state index in [0.29, 0.717) is 0 Å². The second-order valence-corrected chi connectivity index (χ2v) is 3.79. The smallest absolute Gasteiger partial charge is 0.142 e. The first-order valence-corrected chi connectivity index (χ1v) is 5.43. The van der Waals surface area contributed by atoms with Gasteiger partial charge in [0.1, 0.15) is 17.8 Å². The Morgan fingerprint density at radius 1 is 1.38 bits per heavy atom. The number of anilines is 1. The third-order valence-corrected chi connectivity index (χ3v) is 2.60. The molecule has 0 spiro atoms. The minimum atomic E-state index is 0.247. The van der Waals surface area contributed by atoms with E-state index in [2.05, 4.69) is 19.9 Å². The van der Waals surface area contributed by atoms with Crippen LogP contribution in [-0.4, -0.2) is 40.3 Å². The van der Waals surface area contributed by atoms with Crippen molar-refractivity contribution in [2.45, 2.75) is 12.8 Å². The van der Waals surface area contributed by atoms with E-state index in [-0.39, 0.29) is 6.61 Å². The van der Waals surface area contributed by atoms with Crippen LogP contribution in [0.5, 0.6) is 0 Å². The number of hydrogen-bond donors (Lipinski definition) is 2. The van der Waals surface area contributed by atoms with Crippen molar-refractivity contribution in [2.75, 3.05) is 25.1 Å². The lowest BCUT2D eigenvalue weighted by atomic mass is 10.3. The van der Waals surface area contributed by atoms with Gasteiger partial charge < -0.3 is 15.0 Å². The summed E-state index contributed by atoms with van der Waals surface area (Å²) in [5, 5.41) is 9.78. The molecule has 0 atom stereocenters. The fourth-order valence-electron chi connectivity index (χ4n) is 1.73. The molecule has 2 rings (SSSR count). The molecule has 0 aromatic carbocycles. The molecule has 2 N–H and O–H groups in total. The molecule has 2 heterocycles. The normalized spacial score (nSPS) is 10.9. The molecule has 2 aromatic rings. The predicted molar refractivity (Wildman–Crippen MR) is 63.5 cm³/mol. The molecule has 0 fully saturated rings. The molecule has 2 aromatic heterocycles. The largest absolute Gasteiger partial charge is 0.396 e. The zero-order chi connectivity index (χ0) is 11.4. The van der Waals surface area contributed by atoms with Crippen LogP contribution in [0.15, 0.2) is 18.6 Å². The average Bonchev–Trinajstić information content (AvgIpc) is 2.76. The minimum absolute atomic E-state index is 0.247. The Bertz CT molecular complexity index is 454. The number of unbranched alkanes of at least 4 members (excludes halogenated alkanes) is 1. The van der Waals surface area contributed by atoms with Crippen molar-refractivity contribution in [1.29, 1.82) is 0 Å². The summed E-state index contributed by atoms with van der Waals surface area (Å²) >= 11 is 0. The minimum Gasteiger partial charge on any atom is -0.396 e. The molecule has 0 radical (unpaired) electrons. The van der Waals surface area contributed by atoms with E-state index in [1.54, 1.807) is 6.33 Å². The molecule has 5 nitrogen and oxygen atoms in total. The quantitative estimate of drug-likeness (QED) is 0.742. The fourth-order valence-corrected chi connectivity index (χ4v) is 1.73. The lowest BCUT2D eigenvalue weighted by Crippen LogP contribution is -2.20. The van der Waals surface area contributed by atoms with Gasteiger partial charge in [-0.05, 0) is 18.9 Å². The number of aliphatic hydroxyl groups is 1. The highest BCUT2D eigenvalue weighted by atomic mass is 16.2. The summed E-state index contributed by atoms with van der Waals surface area (Å²) in [6, 6.07) is 1.98. The lowest BCUT2D eigenvalue weighted by molar-refractivity contribution is 0.285. The van der Waals surface area contributed by atoms with E-state index in [1.165, 1.54) is 0 Å². The molecule has 0 saturated carbocycles. The predicted octanol–water partition coefficient (Wildman–Crippen LogP) is 1.17. The maximum Gasteiger partial charge on any atom is 0.142 e. The molecule has 0 aliphatic rings. The highest BCUT2D eigenvalue weighted by molar-refractivity contribution is 5.87. The third-order valence-electron chi connectivity index (χ3n) is 2.60. The molecular weight excluding hydrogens is 204 g/mol. The number of aromatic nitrogens is 3. The number of nitrogens with zero attached hydrogens (tertiary/aromatic N) is 3. The monoisotopic (exact) mass is 220 g/mol. The SMILES string of the molecule is CN(CCCCO)c1ncnc2[nH]ccc12. The molecule has 0 aliphatic carbocycles. The van der Waals surface area contributed by atoms with Gasteiger partial charge in [-0.1, -0.05) is 0 Å². The second-order valence-electron chi connectivity index (χ2n) is 3.79. The van der Waals surface area contributed by atoms with E-state index in [4.69, 9.17) is 5.11 Å². The first-order valence-electron chi connectivity index (χ1n) is 5.43. The standard InChI is InChI=1S/C11H16N4O/c1-15(6-2-3-7-16)11-9-4-5-12-10(9)13-8-14-11/h4-5,8,16H,2-3,6-7H2,1H3,(H,12,13,14). The van der Waals surface area contributed by atoms with Crippen molar-refractivity contribution in [3.63, 3.8) is 0 Å². The van der Waals surface area contributed by atoms with E-state index >= 15 is 0 Å². The van der Waals surface area contributed by atoms with Crippen LogP contribution in [0.4, 0.5) is 5.82 Å². The number of aliphatic hydroxyl groups excluding tert-OH is 1. The summed E-state index contributed by atoms with van der Waals surface area (Å²) in [4.78, 5) is 13.6. The molecule has 86 valence electrons. The summed E-state index contributed by atoms with van der Waals surface area (Å²) in [7, 11) is 2.01. The molecule has 5 heteroatoms. The van der Waals surface area contributed by atoms with Crippen LogP contribution in [0.1, 0.15) is 12.8 Å². The summed E-state index contributed by atoms with van der Waals surface area (Å²) < 4.78 is 0. The van der Waals surface area contributed by atoms with Gasteiger partial charge in [-0.2, -0.15) is 0 Å². The van der Waals surface area contributed by atoms with Gasteiger partial charge in [-0.3, -0.25) is 0 Å². The molecule has 0 unspecified atom stereocenters. The van der Waals surface area contributed by atoms with Gasteiger partial charge in [0.05, 0.1) is 5.39 Å². The number of rotatable bonds is 5. The summed E-state index contributed by atoms with van der Waals surface area (Å²) in [5.74, 6) is 0.934. The van der Waals surface area contributed by atoms with Gasteiger partial charge in [0.2, 0.25) is 0 Å². The lowest BCUT2D eigenvalue weighted by Gasteiger charge is -2.18. The van der Waals surface area contributed by atoms with Crippen molar-refractivity contribution >= 4 is 16.9 Å². The van der Waals surface area contributed by atoms with Crippen molar-refractivity contribution in [2.24, 2.45) is 0 Å². The van der Waals surface area contributed by atoms with Crippen LogP contribution in [0, 0.1) is 0 Å². The van der Waals surface area contributed by atoms with Crippen LogP contribution in [0.3, 0.4) is 0 Å². The average molecular weight is 220 g/mol. The fraction of sp³-hybridized carbons (Fsp3) is 0.455. The van der Waals surface area contributed by atoms with Crippen molar-refractivity contribution in [1.82, 2.24) is 15.0 Å². The molecule has 0 bridgehead atoms. The van der Waals surface area contributed by atoms with Gasteiger partial charge in [-0.15, -0.1) is 0 Å². The van der Waals surface area contributed by atoms with Gasteiger partial charge in [-0.25, -0.2) is 9.97 Å². The van der Waals surface area contributed by atoms with Crippen LogP contribution >= 0.6 is 0 Å².